The van der Waals surface area contributed by atoms with Crippen molar-refractivity contribution < 1.29 is 4.58 Å². The molecular weight excluding hydrogens is 246 g/mol. The lowest BCUT2D eigenvalue weighted by Crippen LogP contribution is -2.24. The second-order valence-corrected chi connectivity index (χ2v) is 5.57. The van der Waals surface area contributed by atoms with Crippen molar-refractivity contribution in [1.82, 2.24) is 9.72 Å². The van der Waals surface area contributed by atoms with Crippen LogP contribution < -0.4 is 5.32 Å². The zero-order valence-electron chi connectivity index (χ0n) is 11.9. The summed E-state index contributed by atoms with van der Waals surface area (Å²) in [5.74, 6) is 1.25. The van der Waals surface area contributed by atoms with E-state index in [0.29, 0.717) is 0 Å². The molecule has 1 aliphatic heterocycles. The van der Waals surface area contributed by atoms with Gasteiger partial charge in [-0.25, -0.2) is 0 Å². The van der Waals surface area contributed by atoms with Gasteiger partial charge in [0.15, 0.2) is 0 Å². The van der Waals surface area contributed by atoms with Crippen LogP contribution in [-0.2, 0) is 0 Å². The minimum atomic E-state index is 1.02. The molecule has 3 nitrogen and oxygen atoms in total. The van der Waals surface area contributed by atoms with Crippen molar-refractivity contribution in [3.8, 4) is 0 Å². The van der Waals surface area contributed by atoms with E-state index in [-0.39, 0.29) is 0 Å². The number of nitrogens with zero attached hydrogens (tertiary/aromatic N) is 2. The van der Waals surface area contributed by atoms with Crippen molar-refractivity contribution in [2.45, 2.75) is 6.92 Å². The highest BCUT2D eigenvalue weighted by Crippen LogP contribution is 2.25. The highest BCUT2D eigenvalue weighted by atomic mass is 15.2. The third-order valence-electron chi connectivity index (χ3n) is 4.23. The highest BCUT2D eigenvalue weighted by molar-refractivity contribution is 6.09. The fraction of sp³-hybridized carbons (Fsp3) is 0.235. The Morgan fingerprint density at radius 1 is 1.25 bits per heavy atom. The summed E-state index contributed by atoms with van der Waals surface area (Å²) in [6.45, 7) is 4.28. The van der Waals surface area contributed by atoms with Crippen molar-refractivity contribution >= 4 is 22.1 Å². The monoisotopic (exact) mass is 264 g/mol. The zero-order chi connectivity index (χ0) is 13.7. The maximum atomic E-state index is 3.53. The number of aryl methyl sites for hydroxylation is 1. The van der Waals surface area contributed by atoms with E-state index in [0.717, 1.165) is 13.1 Å². The van der Waals surface area contributed by atoms with Gasteiger partial charge < -0.3 is 4.40 Å². The predicted molar refractivity (Wildman–Crippen MR) is 82.8 cm³/mol. The first-order valence-corrected chi connectivity index (χ1v) is 7.06. The summed E-state index contributed by atoms with van der Waals surface area (Å²) >= 11 is 0. The SMILES string of the molecule is Cc1ccc2cc3cccn3cc2c1C1=[N+](C)CCN1. The Morgan fingerprint density at radius 3 is 2.95 bits per heavy atom. The van der Waals surface area contributed by atoms with Gasteiger partial charge in [-0.15, -0.1) is 0 Å². The van der Waals surface area contributed by atoms with Gasteiger partial charge in [0.25, 0.3) is 5.84 Å². The van der Waals surface area contributed by atoms with Crippen LogP contribution in [0, 0.1) is 6.92 Å². The molecular formula is C17H18N3+. The largest absolute Gasteiger partial charge is 0.323 e. The van der Waals surface area contributed by atoms with Crippen LogP contribution in [0.3, 0.4) is 0 Å². The minimum Gasteiger partial charge on any atom is -0.323 e. The summed E-state index contributed by atoms with van der Waals surface area (Å²) in [6, 6.07) is 10.9. The van der Waals surface area contributed by atoms with Crippen molar-refractivity contribution in [3.05, 3.63) is 53.9 Å². The first-order chi connectivity index (χ1) is 9.74. The molecule has 1 N–H and O–H groups in total. The van der Waals surface area contributed by atoms with E-state index in [4.69, 9.17) is 0 Å². The standard InChI is InChI=1S/C17H17N3/c1-12-5-6-13-10-14-4-3-8-20(14)11-15(13)16(12)17-18-7-9-19(17)2/h3-6,8,10-11H,7,9H2,1-2H3/p+1. The predicted octanol–water partition coefficient (Wildman–Crippen LogP) is 2.39. The molecule has 0 atom stereocenters. The molecule has 0 aliphatic carbocycles. The van der Waals surface area contributed by atoms with Crippen molar-refractivity contribution in [2.24, 2.45) is 0 Å². The number of rotatable bonds is 1. The van der Waals surface area contributed by atoms with Crippen LogP contribution in [0.2, 0.25) is 0 Å². The first kappa shape index (κ1) is 11.5. The molecule has 4 rings (SSSR count). The van der Waals surface area contributed by atoms with Gasteiger partial charge in [-0.2, -0.15) is 0 Å². The molecule has 0 bridgehead atoms. The molecule has 3 heteroatoms. The third kappa shape index (κ3) is 1.56. The molecule has 0 unspecified atom stereocenters. The van der Waals surface area contributed by atoms with Gasteiger partial charge in [-0.3, -0.25) is 9.89 Å². The van der Waals surface area contributed by atoms with Crippen LogP contribution in [0.4, 0.5) is 0 Å². The molecule has 1 aliphatic rings. The zero-order valence-corrected chi connectivity index (χ0v) is 11.9. The van der Waals surface area contributed by atoms with Crippen LogP contribution in [0.25, 0.3) is 16.3 Å². The fourth-order valence-electron chi connectivity index (χ4n) is 3.14. The maximum Gasteiger partial charge on any atom is 0.278 e. The lowest BCUT2D eigenvalue weighted by Gasteiger charge is -2.10. The van der Waals surface area contributed by atoms with Gasteiger partial charge >= 0.3 is 0 Å². The van der Waals surface area contributed by atoms with Crippen molar-refractivity contribution in [3.63, 3.8) is 0 Å². The molecule has 0 radical (unpaired) electrons. The number of nitrogens with one attached hydrogen (secondary N) is 1. The molecule has 0 spiro atoms. The number of benzene rings is 1. The summed E-state index contributed by atoms with van der Waals surface area (Å²) in [6.07, 6.45) is 4.35. The Labute approximate surface area is 118 Å². The Balaban J connectivity index is 2.12. The molecule has 100 valence electrons. The molecule has 1 aromatic carbocycles. The molecule has 3 aromatic rings. The van der Waals surface area contributed by atoms with Gasteiger partial charge in [0.05, 0.1) is 12.6 Å². The molecule has 0 saturated heterocycles. The molecule has 0 saturated carbocycles. The summed E-state index contributed by atoms with van der Waals surface area (Å²) < 4.78 is 4.50. The quantitative estimate of drug-likeness (QED) is 0.669. The Bertz CT molecular complexity index is 855. The Morgan fingerprint density at radius 2 is 2.15 bits per heavy atom. The van der Waals surface area contributed by atoms with E-state index >= 15 is 0 Å². The number of hydrogen-bond donors (Lipinski definition) is 1. The minimum absolute atomic E-state index is 1.02. The lowest BCUT2D eigenvalue weighted by atomic mass is 10.00. The van der Waals surface area contributed by atoms with Crippen LogP contribution in [0.5, 0.6) is 0 Å². The average molecular weight is 264 g/mol. The molecule has 0 amide bonds. The number of amidine groups is 1. The second-order valence-electron chi connectivity index (χ2n) is 5.57. The lowest BCUT2D eigenvalue weighted by molar-refractivity contribution is -0.485. The highest BCUT2D eigenvalue weighted by Gasteiger charge is 2.23. The van der Waals surface area contributed by atoms with E-state index in [1.54, 1.807) is 0 Å². The maximum absolute atomic E-state index is 3.53. The third-order valence-corrected chi connectivity index (χ3v) is 4.23. The normalized spacial score (nSPS) is 15.3. The summed E-state index contributed by atoms with van der Waals surface area (Å²) in [5, 5.41) is 6.14. The van der Waals surface area contributed by atoms with E-state index in [9.17, 15) is 0 Å². The van der Waals surface area contributed by atoms with Crippen LogP contribution in [-0.4, -0.2) is 34.9 Å². The number of aromatic nitrogens is 1. The van der Waals surface area contributed by atoms with Crippen LogP contribution in [0.1, 0.15) is 11.1 Å². The Hall–Kier alpha value is -2.29. The number of hydrogen-bond acceptors (Lipinski definition) is 1. The number of pyridine rings is 1. The van der Waals surface area contributed by atoms with E-state index in [1.165, 1.54) is 33.3 Å². The molecule has 0 fully saturated rings. The summed E-state index contributed by atoms with van der Waals surface area (Å²) in [7, 11) is 2.15. The van der Waals surface area contributed by atoms with E-state index in [2.05, 4.69) is 71.0 Å². The van der Waals surface area contributed by atoms with E-state index < -0.39 is 0 Å². The van der Waals surface area contributed by atoms with Gasteiger partial charge in [-0.05, 0) is 36.1 Å². The van der Waals surface area contributed by atoms with Crippen molar-refractivity contribution in [1.29, 1.82) is 0 Å². The Kier molecular flexibility index (Phi) is 2.36. The number of likely N-dealkylation sites (N-methyl/N-ethyl adjacent to an activating group) is 1. The van der Waals surface area contributed by atoms with Crippen LogP contribution in [0.15, 0.2) is 42.7 Å². The van der Waals surface area contributed by atoms with Crippen molar-refractivity contribution in [2.75, 3.05) is 20.1 Å². The summed E-state index contributed by atoms with van der Waals surface area (Å²) in [5.41, 5.74) is 3.89. The van der Waals surface area contributed by atoms with Crippen LogP contribution >= 0.6 is 0 Å². The molecule has 20 heavy (non-hydrogen) atoms. The first-order valence-electron chi connectivity index (χ1n) is 7.06. The second kappa shape index (κ2) is 4.10. The summed E-state index contributed by atoms with van der Waals surface area (Å²) in [4.78, 5) is 0. The topological polar surface area (TPSA) is 19.4 Å². The fourth-order valence-corrected chi connectivity index (χ4v) is 3.14. The molecule has 2 aromatic heterocycles. The van der Waals surface area contributed by atoms with E-state index in [1.807, 2.05) is 0 Å². The number of fused-ring (bicyclic) bond motifs is 2. The van der Waals surface area contributed by atoms with Gasteiger partial charge in [0.2, 0.25) is 0 Å². The molecule has 3 heterocycles. The van der Waals surface area contributed by atoms with Gasteiger partial charge in [-0.1, -0.05) is 12.1 Å². The smallest absolute Gasteiger partial charge is 0.278 e. The average Bonchev–Trinajstić information content (AvgIpc) is 3.05. The van der Waals surface area contributed by atoms with Gasteiger partial charge in [0, 0.05) is 23.3 Å². The van der Waals surface area contributed by atoms with Gasteiger partial charge in [0.1, 0.15) is 13.1 Å².